The number of anilines is 1. The third-order valence-electron chi connectivity index (χ3n) is 4.34. The molecule has 25 heavy (non-hydrogen) atoms. The number of hydrogen-bond acceptors (Lipinski definition) is 4. The highest BCUT2D eigenvalue weighted by molar-refractivity contribution is 5.93. The van der Waals surface area contributed by atoms with Crippen LogP contribution < -0.4 is 10.2 Å². The van der Waals surface area contributed by atoms with Crippen molar-refractivity contribution in [2.45, 2.75) is 13.5 Å². The summed E-state index contributed by atoms with van der Waals surface area (Å²) in [5, 5.41) is 2.91. The van der Waals surface area contributed by atoms with Gasteiger partial charge in [-0.25, -0.2) is 0 Å². The number of aryl methyl sites for hydroxylation is 1. The number of nitrogens with one attached hydrogen (secondary N) is 1. The summed E-state index contributed by atoms with van der Waals surface area (Å²) in [6.45, 7) is 5.41. The predicted molar refractivity (Wildman–Crippen MR) is 96.4 cm³/mol. The first-order valence-corrected chi connectivity index (χ1v) is 8.40. The molecule has 2 amide bonds. The maximum atomic E-state index is 12.4. The molecule has 1 fully saturated rings. The van der Waals surface area contributed by atoms with Gasteiger partial charge in [0.2, 0.25) is 6.41 Å². The smallest absolute Gasteiger partial charge is 0.270 e. The van der Waals surface area contributed by atoms with Gasteiger partial charge in [0, 0.05) is 44.6 Å². The lowest BCUT2D eigenvalue weighted by atomic mass is 10.1. The Labute approximate surface area is 147 Å². The molecule has 6 nitrogen and oxygen atoms in total. The Balaban J connectivity index is 1.62. The molecule has 1 aromatic carbocycles. The molecule has 0 spiro atoms. The van der Waals surface area contributed by atoms with Gasteiger partial charge in [0.25, 0.3) is 5.91 Å². The number of piperazine rings is 1. The van der Waals surface area contributed by atoms with Crippen LogP contribution in [0, 0.1) is 6.92 Å². The molecule has 0 saturated carbocycles. The highest BCUT2D eigenvalue weighted by Crippen LogP contribution is 2.16. The van der Waals surface area contributed by atoms with E-state index in [0.29, 0.717) is 25.3 Å². The second kappa shape index (κ2) is 7.79. The molecule has 130 valence electrons. The third kappa shape index (κ3) is 4.35. The van der Waals surface area contributed by atoms with Gasteiger partial charge in [-0.2, -0.15) is 0 Å². The standard InChI is InChI=1S/C19H22N4O2/c1-15-3-2-4-16(11-15)13-21-19(25)18-12-17(5-6-20-18)23-9-7-22(14-24)8-10-23/h2-6,11-12,14H,7-10,13H2,1H3,(H,21,25). The van der Waals surface area contributed by atoms with E-state index in [4.69, 9.17) is 0 Å². The van der Waals surface area contributed by atoms with Gasteiger partial charge >= 0.3 is 0 Å². The Kier molecular flexibility index (Phi) is 5.28. The number of aromatic nitrogens is 1. The zero-order valence-corrected chi connectivity index (χ0v) is 14.3. The van der Waals surface area contributed by atoms with Gasteiger partial charge in [-0.05, 0) is 24.6 Å². The molecule has 0 bridgehead atoms. The minimum absolute atomic E-state index is 0.185. The van der Waals surface area contributed by atoms with Crippen LogP contribution in [0.2, 0.25) is 0 Å². The monoisotopic (exact) mass is 338 g/mol. The number of carbonyl (C=O) groups is 2. The van der Waals surface area contributed by atoms with Crippen LogP contribution >= 0.6 is 0 Å². The van der Waals surface area contributed by atoms with Crippen LogP contribution in [0.3, 0.4) is 0 Å². The summed E-state index contributed by atoms with van der Waals surface area (Å²) in [5.74, 6) is -0.185. The number of hydrogen-bond donors (Lipinski definition) is 1. The van der Waals surface area contributed by atoms with E-state index in [-0.39, 0.29) is 5.91 Å². The minimum Gasteiger partial charge on any atom is -0.368 e. The van der Waals surface area contributed by atoms with Crippen molar-refractivity contribution in [1.82, 2.24) is 15.2 Å². The van der Waals surface area contributed by atoms with Crippen molar-refractivity contribution in [3.8, 4) is 0 Å². The number of pyridine rings is 1. The van der Waals surface area contributed by atoms with E-state index >= 15 is 0 Å². The van der Waals surface area contributed by atoms with Crippen molar-refractivity contribution in [1.29, 1.82) is 0 Å². The summed E-state index contributed by atoms with van der Waals surface area (Å²) in [7, 11) is 0. The fraction of sp³-hybridized carbons (Fsp3) is 0.316. The van der Waals surface area contributed by atoms with Crippen LogP contribution in [0.1, 0.15) is 21.6 Å². The Morgan fingerprint density at radius 3 is 2.72 bits per heavy atom. The van der Waals surface area contributed by atoms with E-state index in [9.17, 15) is 9.59 Å². The van der Waals surface area contributed by atoms with Crippen LogP contribution in [0.25, 0.3) is 0 Å². The first kappa shape index (κ1) is 17.0. The number of amides is 2. The van der Waals surface area contributed by atoms with E-state index in [1.54, 1.807) is 11.1 Å². The normalized spacial score (nSPS) is 14.3. The molecule has 6 heteroatoms. The zero-order valence-electron chi connectivity index (χ0n) is 14.3. The first-order chi connectivity index (χ1) is 12.2. The Bertz CT molecular complexity index is 755. The van der Waals surface area contributed by atoms with Crippen molar-refractivity contribution >= 4 is 18.0 Å². The maximum Gasteiger partial charge on any atom is 0.270 e. The molecule has 0 atom stereocenters. The topological polar surface area (TPSA) is 65.5 Å². The largest absolute Gasteiger partial charge is 0.368 e. The summed E-state index contributed by atoms with van der Waals surface area (Å²) in [5.41, 5.74) is 3.60. The van der Waals surface area contributed by atoms with Gasteiger partial charge in [-0.3, -0.25) is 14.6 Å². The summed E-state index contributed by atoms with van der Waals surface area (Å²) in [6, 6.07) is 11.8. The van der Waals surface area contributed by atoms with E-state index in [0.717, 1.165) is 30.8 Å². The summed E-state index contributed by atoms with van der Waals surface area (Å²) in [4.78, 5) is 31.3. The summed E-state index contributed by atoms with van der Waals surface area (Å²) in [6.07, 6.45) is 2.54. The Hall–Kier alpha value is -2.89. The molecule has 1 saturated heterocycles. The lowest BCUT2D eigenvalue weighted by Crippen LogP contribution is -2.45. The van der Waals surface area contributed by atoms with Gasteiger partial charge < -0.3 is 15.1 Å². The number of nitrogens with zero attached hydrogens (tertiary/aromatic N) is 3. The van der Waals surface area contributed by atoms with Crippen LogP contribution in [0.15, 0.2) is 42.6 Å². The number of rotatable bonds is 5. The average molecular weight is 338 g/mol. The second-order valence-electron chi connectivity index (χ2n) is 6.20. The van der Waals surface area contributed by atoms with Crippen LogP contribution in [0.4, 0.5) is 5.69 Å². The van der Waals surface area contributed by atoms with Crippen molar-refractivity contribution in [2.24, 2.45) is 0 Å². The molecule has 1 aliphatic rings. The second-order valence-corrected chi connectivity index (χ2v) is 6.20. The lowest BCUT2D eigenvalue weighted by molar-refractivity contribution is -0.118. The first-order valence-electron chi connectivity index (χ1n) is 8.40. The summed E-state index contributed by atoms with van der Waals surface area (Å²) >= 11 is 0. The van der Waals surface area contributed by atoms with E-state index in [1.165, 1.54) is 5.56 Å². The third-order valence-corrected chi connectivity index (χ3v) is 4.34. The highest BCUT2D eigenvalue weighted by Gasteiger charge is 2.17. The molecular weight excluding hydrogens is 316 g/mol. The lowest BCUT2D eigenvalue weighted by Gasteiger charge is -2.34. The fourth-order valence-corrected chi connectivity index (χ4v) is 2.92. The van der Waals surface area contributed by atoms with Gasteiger partial charge in [0.15, 0.2) is 0 Å². The Morgan fingerprint density at radius 2 is 2.00 bits per heavy atom. The molecule has 1 aliphatic heterocycles. The van der Waals surface area contributed by atoms with E-state index < -0.39 is 0 Å². The van der Waals surface area contributed by atoms with Gasteiger partial charge in [0.1, 0.15) is 5.69 Å². The maximum absolute atomic E-state index is 12.4. The van der Waals surface area contributed by atoms with Crippen LogP contribution in [-0.2, 0) is 11.3 Å². The molecule has 3 rings (SSSR count). The SMILES string of the molecule is Cc1cccc(CNC(=O)c2cc(N3CCN(C=O)CC3)ccn2)c1. The quantitative estimate of drug-likeness (QED) is 0.841. The van der Waals surface area contributed by atoms with Crippen molar-refractivity contribution in [3.05, 3.63) is 59.4 Å². The molecule has 1 aromatic heterocycles. The van der Waals surface area contributed by atoms with Crippen molar-refractivity contribution in [2.75, 3.05) is 31.1 Å². The highest BCUT2D eigenvalue weighted by atomic mass is 16.2. The average Bonchev–Trinajstić information content (AvgIpc) is 2.66. The van der Waals surface area contributed by atoms with Crippen molar-refractivity contribution in [3.63, 3.8) is 0 Å². The number of benzene rings is 1. The zero-order chi connectivity index (χ0) is 17.6. The van der Waals surface area contributed by atoms with Gasteiger partial charge in [0.05, 0.1) is 0 Å². The minimum atomic E-state index is -0.185. The predicted octanol–water partition coefficient (Wildman–Crippen LogP) is 1.60. The molecule has 2 aromatic rings. The van der Waals surface area contributed by atoms with Gasteiger partial charge in [-0.15, -0.1) is 0 Å². The number of carbonyl (C=O) groups excluding carboxylic acids is 2. The van der Waals surface area contributed by atoms with Gasteiger partial charge in [-0.1, -0.05) is 29.8 Å². The molecule has 1 N–H and O–H groups in total. The molecule has 0 aliphatic carbocycles. The molecule has 0 radical (unpaired) electrons. The fourth-order valence-electron chi connectivity index (χ4n) is 2.92. The Morgan fingerprint density at radius 1 is 1.20 bits per heavy atom. The van der Waals surface area contributed by atoms with Crippen LogP contribution in [0.5, 0.6) is 0 Å². The molecule has 2 heterocycles. The van der Waals surface area contributed by atoms with E-state index in [2.05, 4.69) is 21.3 Å². The van der Waals surface area contributed by atoms with E-state index in [1.807, 2.05) is 37.3 Å². The molecular formula is C19H22N4O2. The van der Waals surface area contributed by atoms with Crippen LogP contribution in [-0.4, -0.2) is 48.4 Å². The molecule has 0 unspecified atom stereocenters. The summed E-state index contributed by atoms with van der Waals surface area (Å²) < 4.78 is 0. The van der Waals surface area contributed by atoms with Crippen molar-refractivity contribution < 1.29 is 9.59 Å².